The molecular formula is C7H10N4. The van der Waals surface area contributed by atoms with Crippen LogP contribution in [0.15, 0.2) is 23.5 Å². The van der Waals surface area contributed by atoms with Crippen molar-refractivity contribution in [3.63, 3.8) is 0 Å². The van der Waals surface area contributed by atoms with Crippen LogP contribution in [0.2, 0.25) is 0 Å². The van der Waals surface area contributed by atoms with E-state index in [2.05, 4.69) is 15.0 Å². The molecule has 2 N–H and O–H groups in total. The largest absolute Gasteiger partial charge is 0.381 e. The maximum Gasteiger partial charge on any atom is 0.194 e. The van der Waals surface area contributed by atoms with Gasteiger partial charge in [0.1, 0.15) is 0 Å². The van der Waals surface area contributed by atoms with Crippen LogP contribution < -0.4 is 5.73 Å². The lowest BCUT2D eigenvalue weighted by Crippen LogP contribution is -2.16. The van der Waals surface area contributed by atoms with Crippen molar-refractivity contribution in [2.24, 2.45) is 10.7 Å². The summed E-state index contributed by atoms with van der Waals surface area (Å²) in [6.45, 7) is 2.57. The number of aromatic nitrogens is 2. The van der Waals surface area contributed by atoms with E-state index in [1.807, 2.05) is 6.92 Å². The third kappa shape index (κ3) is 2.00. The van der Waals surface area contributed by atoms with E-state index in [0.717, 1.165) is 0 Å². The molecule has 4 heteroatoms. The highest BCUT2D eigenvalue weighted by atomic mass is 15.0. The van der Waals surface area contributed by atoms with Crippen molar-refractivity contribution in [1.82, 2.24) is 9.97 Å². The van der Waals surface area contributed by atoms with Crippen LogP contribution in [0.25, 0.3) is 0 Å². The zero-order valence-electron chi connectivity index (χ0n) is 6.36. The second kappa shape index (κ2) is 3.65. The van der Waals surface area contributed by atoms with E-state index in [9.17, 15) is 0 Å². The number of rotatable bonds is 2. The summed E-state index contributed by atoms with van der Waals surface area (Å²) in [5.74, 6) is 0.891. The third-order valence-corrected chi connectivity index (χ3v) is 1.12. The normalized spacial score (nSPS) is 11.5. The Morgan fingerprint density at radius 3 is 2.73 bits per heavy atom. The molecule has 0 fully saturated rings. The Morgan fingerprint density at radius 1 is 1.55 bits per heavy atom. The smallest absolute Gasteiger partial charge is 0.194 e. The second-order valence-electron chi connectivity index (χ2n) is 1.93. The highest BCUT2D eigenvalue weighted by molar-refractivity contribution is 5.93. The molecule has 0 atom stereocenters. The first-order chi connectivity index (χ1) is 5.34. The van der Waals surface area contributed by atoms with Crippen molar-refractivity contribution in [1.29, 1.82) is 0 Å². The lowest BCUT2D eigenvalue weighted by Gasteiger charge is -1.95. The molecule has 0 aliphatic rings. The lowest BCUT2D eigenvalue weighted by molar-refractivity contribution is 1.07. The fourth-order valence-electron chi connectivity index (χ4n) is 0.672. The Hall–Kier alpha value is -1.45. The zero-order chi connectivity index (χ0) is 8.10. The monoisotopic (exact) mass is 150 g/mol. The SMILES string of the molecule is CCN=C(N)c1ncccn1. The summed E-state index contributed by atoms with van der Waals surface area (Å²) in [7, 11) is 0. The van der Waals surface area contributed by atoms with Gasteiger partial charge in [-0.05, 0) is 13.0 Å². The Balaban J connectivity index is 2.85. The van der Waals surface area contributed by atoms with Gasteiger partial charge in [-0.2, -0.15) is 0 Å². The number of aliphatic imine (C=N–C) groups is 1. The highest BCUT2D eigenvalue weighted by Crippen LogP contribution is 1.86. The van der Waals surface area contributed by atoms with Gasteiger partial charge in [0.25, 0.3) is 0 Å². The summed E-state index contributed by atoms with van der Waals surface area (Å²) >= 11 is 0. The molecule has 1 rings (SSSR count). The molecule has 0 saturated heterocycles. The first-order valence-electron chi connectivity index (χ1n) is 3.42. The molecule has 1 heterocycles. The molecule has 1 aromatic rings. The minimum Gasteiger partial charge on any atom is -0.381 e. The van der Waals surface area contributed by atoms with E-state index < -0.39 is 0 Å². The standard InChI is InChI=1S/C7H10N4/c1-2-9-6(8)7-10-4-3-5-11-7/h3-5H,2H2,1H3,(H2,8,9). The average molecular weight is 150 g/mol. The van der Waals surface area contributed by atoms with Gasteiger partial charge in [0.15, 0.2) is 11.7 Å². The number of nitrogens with two attached hydrogens (primary N) is 1. The van der Waals surface area contributed by atoms with Crippen molar-refractivity contribution in [3.8, 4) is 0 Å². The van der Waals surface area contributed by atoms with Gasteiger partial charge >= 0.3 is 0 Å². The van der Waals surface area contributed by atoms with Gasteiger partial charge in [-0.3, -0.25) is 4.99 Å². The Labute approximate surface area is 65.2 Å². The molecule has 0 aromatic carbocycles. The molecule has 4 nitrogen and oxygen atoms in total. The van der Waals surface area contributed by atoms with Gasteiger partial charge in [-0.25, -0.2) is 9.97 Å². The summed E-state index contributed by atoms with van der Waals surface area (Å²) in [4.78, 5) is 11.8. The Kier molecular flexibility index (Phi) is 2.54. The minimum atomic E-state index is 0.396. The van der Waals surface area contributed by atoms with Crippen LogP contribution in [0.3, 0.4) is 0 Å². The van der Waals surface area contributed by atoms with Gasteiger partial charge in [-0.15, -0.1) is 0 Å². The van der Waals surface area contributed by atoms with Gasteiger partial charge in [0, 0.05) is 18.9 Å². The fraction of sp³-hybridized carbons (Fsp3) is 0.286. The van der Waals surface area contributed by atoms with Crippen LogP contribution >= 0.6 is 0 Å². The molecular weight excluding hydrogens is 140 g/mol. The van der Waals surface area contributed by atoms with E-state index in [1.54, 1.807) is 18.5 Å². The van der Waals surface area contributed by atoms with Crippen LogP contribution in [0.5, 0.6) is 0 Å². The quantitative estimate of drug-likeness (QED) is 0.484. The Bertz CT molecular complexity index is 242. The van der Waals surface area contributed by atoms with Crippen LogP contribution in [0.4, 0.5) is 0 Å². The van der Waals surface area contributed by atoms with Crippen molar-refractivity contribution in [2.75, 3.05) is 6.54 Å². The summed E-state index contributed by atoms with van der Waals surface area (Å²) in [6, 6.07) is 1.74. The summed E-state index contributed by atoms with van der Waals surface area (Å²) in [6.07, 6.45) is 3.28. The summed E-state index contributed by atoms with van der Waals surface area (Å²) < 4.78 is 0. The van der Waals surface area contributed by atoms with Crippen molar-refractivity contribution >= 4 is 5.84 Å². The Morgan fingerprint density at radius 2 is 2.18 bits per heavy atom. The van der Waals surface area contributed by atoms with Crippen LogP contribution in [-0.2, 0) is 0 Å². The predicted molar refractivity (Wildman–Crippen MR) is 43.3 cm³/mol. The van der Waals surface area contributed by atoms with E-state index in [1.165, 1.54) is 0 Å². The maximum absolute atomic E-state index is 5.53. The van der Waals surface area contributed by atoms with E-state index in [0.29, 0.717) is 18.2 Å². The minimum absolute atomic E-state index is 0.396. The molecule has 0 bridgehead atoms. The molecule has 0 amide bonds. The number of amidine groups is 1. The van der Waals surface area contributed by atoms with Gasteiger partial charge < -0.3 is 5.73 Å². The van der Waals surface area contributed by atoms with E-state index >= 15 is 0 Å². The highest BCUT2D eigenvalue weighted by Gasteiger charge is 1.96. The fourth-order valence-corrected chi connectivity index (χ4v) is 0.672. The number of nitrogens with zero attached hydrogens (tertiary/aromatic N) is 3. The van der Waals surface area contributed by atoms with Crippen LogP contribution in [-0.4, -0.2) is 22.3 Å². The molecule has 0 aliphatic carbocycles. The summed E-state index contributed by atoms with van der Waals surface area (Å²) in [5.41, 5.74) is 5.53. The van der Waals surface area contributed by atoms with Crippen molar-refractivity contribution in [2.45, 2.75) is 6.92 Å². The summed E-state index contributed by atoms with van der Waals surface area (Å²) in [5, 5.41) is 0. The van der Waals surface area contributed by atoms with Crippen LogP contribution in [0.1, 0.15) is 12.7 Å². The number of hydrogen-bond acceptors (Lipinski definition) is 3. The maximum atomic E-state index is 5.53. The van der Waals surface area contributed by atoms with E-state index in [4.69, 9.17) is 5.73 Å². The lowest BCUT2D eigenvalue weighted by atomic mass is 10.5. The topological polar surface area (TPSA) is 64.2 Å². The molecule has 1 aromatic heterocycles. The van der Waals surface area contributed by atoms with E-state index in [-0.39, 0.29) is 0 Å². The molecule has 0 spiro atoms. The predicted octanol–water partition coefficient (Wildman–Crippen LogP) is 0.202. The zero-order valence-corrected chi connectivity index (χ0v) is 6.36. The molecule has 11 heavy (non-hydrogen) atoms. The van der Waals surface area contributed by atoms with Crippen LogP contribution in [0, 0.1) is 0 Å². The average Bonchev–Trinajstić information content (AvgIpc) is 2.07. The molecule has 0 saturated carbocycles. The number of hydrogen-bond donors (Lipinski definition) is 1. The van der Waals surface area contributed by atoms with Gasteiger partial charge in [-0.1, -0.05) is 0 Å². The second-order valence-corrected chi connectivity index (χ2v) is 1.93. The van der Waals surface area contributed by atoms with Gasteiger partial charge in [0.05, 0.1) is 0 Å². The third-order valence-electron chi connectivity index (χ3n) is 1.12. The van der Waals surface area contributed by atoms with Gasteiger partial charge in [0.2, 0.25) is 0 Å². The first kappa shape index (κ1) is 7.65. The molecule has 0 aliphatic heterocycles. The molecule has 0 radical (unpaired) electrons. The van der Waals surface area contributed by atoms with Crippen molar-refractivity contribution < 1.29 is 0 Å². The van der Waals surface area contributed by atoms with Crippen molar-refractivity contribution in [3.05, 3.63) is 24.3 Å². The molecule has 0 unspecified atom stereocenters. The molecule has 58 valence electrons. The first-order valence-corrected chi connectivity index (χ1v) is 3.42.